The van der Waals surface area contributed by atoms with Gasteiger partial charge in [-0.05, 0) is 30.5 Å². The molecule has 22 heavy (non-hydrogen) atoms. The van der Waals surface area contributed by atoms with Gasteiger partial charge in [-0.1, -0.05) is 32.9 Å². The Balaban J connectivity index is 0.00000441. The van der Waals surface area contributed by atoms with E-state index in [2.05, 4.69) is 34.7 Å². The van der Waals surface area contributed by atoms with Gasteiger partial charge in [0.1, 0.15) is 0 Å². The monoisotopic (exact) mass is 418 g/mol. The Morgan fingerprint density at radius 2 is 2.09 bits per heavy atom. The van der Waals surface area contributed by atoms with Crippen molar-refractivity contribution in [2.75, 3.05) is 18.4 Å². The number of nitrogens with two attached hydrogens (primary N) is 1. The van der Waals surface area contributed by atoms with E-state index in [1.807, 2.05) is 26.0 Å². The maximum Gasteiger partial charge on any atom is 0.222 e. The summed E-state index contributed by atoms with van der Waals surface area (Å²) in [7, 11) is 0. The lowest BCUT2D eigenvalue weighted by Gasteiger charge is -2.08. The minimum absolute atomic E-state index is 0. The summed E-state index contributed by atoms with van der Waals surface area (Å²) >= 11 is 0. The average Bonchev–Trinajstić information content (AvgIpc) is 2.46. The molecule has 5 nitrogen and oxygen atoms in total. The zero-order valence-electron chi connectivity index (χ0n) is 13.6. The Bertz CT molecular complexity index is 489. The molecule has 0 fully saturated rings. The van der Waals surface area contributed by atoms with Crippen LogP contribution in [-0.4, -0.2) is 25.0 Å². The van der Waals surface area contributed by atoms with Gasteiger partial charge < -0.3 is 16.4 Å². The first-order valence-electron chi connectivity index (χ1n) is 7.46. The van der Waals surface area contributed by atoms with Gasteiger partial charge in [-0.2, -0.15) is 0 Å². The Morgan fingerprint density at radius 1 is 1.36 bits per heavy atom. The molecule has 0 aliphatic rings. The lowest BCUT2D eigenvalue weighted by atomic mass is 10.1. The van der Waals surface area contributed by atoms with Crippen LogP contribution in [0.5, 0.6) is 0 Å². The van der Waals surface area contributed by atoms with E-state index in [9.17, 15) is 4.79 Å². The van der Waals surface area contributed by atoms with Crippen molar-refractivity contribution in [3.63, 3.8) is 0 Å². The fraction of sp³-hybridized carbons (Fsp3) is 0.500. The highest BCUT2D eigenvalue weighted by molar-refractivity contribution is 14.0. The van der Waals surface area contributed by atoms with Crippen LogP contribution in [0.2, 0.25) is 0 Å². The zero-order chi connectivity index (χ0) is 15.7. The fourth-order valence-electron chi connectivity index (χ4n) is 1.75. The van der Waals surface area contributed by atoms with Crippen molar-refractivity contribution < 1.29 is 4.79 Å². The second-order valence-electron chi connectivity index (χ2n) is 5.25. The van der Waals surface area contributed by atoms with Crippen LogP contribution in [-0.2, 0) is 11.2 Å². The minimum atomic E-state index is 0. The summed E-state index contributed by atoms with van der Waals surface area (Å²) in [6.45, 7) is 7.07. The first-order chi connectivity index (χ1) is 10.0. The largest absolute Gasteiger partial charge is 0.370 e. The second-order valence-corrected chi connectivity index (χ2v) is 5.25. The maximum absolute atomic E-state index is 11.4. The van der Waals surface area contributed by atoms with Crippen LogP contribution in [0, 0.1) is 5.92 Å². The van der Waals surface area contributed by atoms with Crippen molar-refractivity contribution in [3.8, 4) is 0 Å². The lowest BCUT2D eigenvalue weighted by molar-refractivity contribution is -0.123. The van der Waals surface area contributed by atoms with Gasteiger partial charge in [0.2, 0.25) is 5.91 Å². The summed E-state index contributed by atoms with van der Waals surface area (Å²) in [5.74, 6) is 0.492. The maximum atomic E-state index is 11.4. The van der Waals surface area contributed by atoms with Crippen LogP contribution < -0.4 is 16.4 Å². The number of nitrogens with one attached hydrogen (secondary N) is 2. The quantitative estimate of drug-likeness (QED) is 0.276. The van der Waals surface area contributed by atoms with Crippen LogP contribution in [0.4, 0.5) is 5.69 Å². The highest BCUT2D eigenvalue weighted by Gasteiger charge is 2.04. The smallest absolute Gasteiger partial charge is 0.222 e. The summed E-state index contributed by atoms with van der Waals surface area (Å²) in [6, 6.07) is 8.10. The Morgan fingerprint density at radius 3 is 2.73 bits per heavy atom. The molecule has 0 heterocycles. The molecule has 0 atom stereocenters. The third-order valence-electron chi connectivity index (χ3n) is 3.05. The van der Waals surface area contributed by atoms with Crippen molar-refractivity contribution in [3.05, 3.63) is 29.8 Å². The number of amides is 1. The van der Waals surface area contributed by atoms with Gasteiger partial charge in [0.25, 0.3) is 0 Å². The topological polar surface area (TPSA) is 79.5 Å². The van der Waals surface area contributed by atoms with E-state index in [0.717, 1.165) is 18.5 Å². The van der Waals surface area contributed by atoms with Crippen molar-refractivity contribution >= 4 is 41.5 Å². The predicted octanol–water partition coefficient (Wildman–Crippen LogP) is 2.76. The molecule has 0 bridgehead atoms. The summed E-state index contributed by atoms with van der Waals surface area (Å²) in [5.41, 5.74) is 8.04. The normalized spacial score (nSPS) is 11.0. The number of hydrogen-bond donors (Lipinski definition) is 3. The van der Waals surface area contributed by atoms with E-state index >= 15 is 0 Å². The number of hydrogen-bond acceptors (Lipinski definition) is 2. The minimum Gasteiger partial charge on any atom is -0.370 e. The number of aryl methyl sites for hydroxylation is 1. The van der Waals surface area contributed by atoms with E-state index in [0.29, 0.717) is 19.0 Å². The fourth-order valence-corrected chi connectivity index (χ4v) is 1.75. The third kappa shape index (κ3) is 8.21. The summed E-state index contributed by atoms with van der Waals surface area (Å²) in [5, 5.41) is 5.93. The van der Waals surface area contributed by atoms with Gasteiger partial charge in [-0.25, -0.2) is 0 Å². The van der Waals surface area contributed by atoms with Gasteiger partial charge in [-0.3, -0.25) is 9.79 Å². The number of guanidine groups is 1. The van der Waals surface area contributed by atoms with Crippen LogP contribution >= 0.6 is 24.0 Å². The van der Waals surface area contributed by atoms with Crippen molar-refractivity contribution in [1.29, 1.82) is 0 Å². The number of nitrogens with zero attached hydrogens (tertiary/aromatic N) is 1. The molecule has 1 aromatic carbocycles. The molecule has 0 radical (unpaired) electrons. The van der Waals surface area contributed by atoms with Crippen LogP contribution in [0.3, 0.4) is 0 Å². The molecule has 0 saturated carbocycles. The first kappa shape index (κ1) is 20.7. The van der Waals surface area contributed by atoms with Gasteiger partial charge in [0.05, 0.1) is 0 Å². The number of carbonyl (C=O) groups is 1. The molecular formula is C16H27IN4O. The molecular weight excluding hydrogens is 391 g/mol. The van der Waals surface area contributed by atoms with E-state index in [-0.39, 0.29) is 35.8 Å². The van der Waals surface area contributed by atoms with Crippen molar-refractivity contribution in [2.24, 2.45) is 16.6 Å². The molecule has 0 spiro atoms. The molecule has 0 unspecified atom stereocenters. The lowest BCUT2D eigenvalue weighted by Crippen LogP contribution is -2.29. The average molecular weight is 418 g/mol. The van der Waals surface area contributed by atoms with Gasteiger partial charge in [0, 0.05) is 24.7 Å². The number of halogens is 1. The van der Waals surface area contributed by atoms with E-state index in [1.165, 1.54) is 5.56 Å². The Hall–Kier alpha value is -1.31. The summed E-state index contributed by atoms with van der Waals surface area (Å²) in [6.07, 6.45) is 1.76. The molecule has 1 amide bonds. The number of rotatable bonds is 7. The molecule has 1 rings (SSSR count). The van der Waals surface area contributed by atoms with Gasteiger partial charge in [-0.15, -0.1) is 24.0 Å². The summed E-state index contributed by atoms with van der Waals surface area (Å²) < 4.78 is 0. The highest BCUT2D eigenvalue weighted by atomic mass is 127. The van der Waals surface area contributed by atoms with Gasteiger partial charge in [0.15, 0.2) is 5.96 Å². The number of carbonyl (C=O) groups excluding carboxylic acids is 1. The number of anilines is 1. The number of benzene rings is 1. The molecule has 4 N–H and O–H groups in total. The molecule has 0 aliphatic heterocycles. The first-order valence-corrected chi connectivity index (χ1v) is 7.46. The van der Waals surface area contributed by atoms with E-state index in [1.54, 1.807) is 0 Å². The van der Waals surface area contributed by atoms with Crippen LogP contribution in [0.1, 0.15) is 32.8 Å². The predicted molar refractivity (Wildman–Crippen MR) is 104 cm³/mol. The standard InChI is InChI=1S/C16H26N4O.HI/c1-4-13-7-5-8-14(11-13)20-16(17)19-10-6-9-18-15(21)12(2)3;/h5,7-8,11-12H,4,6,9-10H2,1-3H3,(H,18,21)(H3,17,19,20);1H. The Kier molecular flexibility index (Phi) is 10.6. The molecule has 0 aliphatic carbocycles. The van der Waals surface area contributed by atoms with Crippen LogP contribution in [0.15, 0.2) is 29.3 Å². The van der Waals surface area contributed by atoms with E-state index in [4.69, 9.17) is 5.73 Å². The molecule has 0 aromatic heterocycles. The summed E-state index contributed by atoms with van der Waals surface area (Å²) in [4.78, 5) is 15.6. The SMILES string of the molecule is CCc1cccc(NC(N)=NCCCNC(=O)C(C)C)c1.I. The molecule has 6 heteroatoms. The molecule has 1 aromatic rings. The third-order valence-corrected chi connectivity index (χ3v) is 3.05. The van der Waals surface area contributed by atoms with Crippen LogP contribution in [0.25, 0.3) is 0 Å². The van der Waals surface area contributed by atoms with Crippen molar-refractivity contribution in [2.45, 2.75) is 33.6 Å². The Labute approximate surface area is 150 Å². The zero-order valence-corrected chi connectivity index (χ0v) is 15.9. The van der Waals surface area contributed by atoms with Gasteiger partial charge >= 0.3 is 0 Å². The number of aliphatic imine (C=N–C) groups is 1. The van der Waals surface area contributed by atoms with Crippen molar-refractivity contribution in [1.82, 2.24) is 5.32 Å². The molecule has 0 saturated heterocycles. The second kappa shape index (κ2) is 11.3. The highest BCUT2D eigenvalue weighted by Crippen LogP contribution is 2.10. The molecule has 124 valence electrons. The van der Waals surface area contributed by atoms with E-state index < -0.39 is 0 Å².